The maximum Gasteiger partial charge on any atom is 0.300 e. The molecule has 4 bridgehead atoms. The summed E-state index contributed by atoms with van der Waals surface area (Å²) in [5.41, 5.74) is 2.53. The van der Waals surface area contributed by atoms with Crippen LogP contribution in [0.2, 0.25) is 11.6 Å². The van der Waals surface area contributed by atoms with Gasteiger partial charge in [-0.05, 0) is 84.7 Å². The van der Waals surface area contributed by atoms with Crippen molar-refractivity contribution in [2.45, 2.75) is 92.7 Å². The highest BCUT2D eigenvalue weighted by atomic mass is 16.4. The molecule has 152 valence electrons. The molecule has 0 spiro atoms. The second kappa shape index (κ2) is 6.64. The average Bonchev–Trinajstić information content (AvgIpc) is 2.58. The third-order valence-corrected chi connectivity index (χ3v) is 10.5. The molecule has 8 atom stereocenters. The minimum absolute atomic E-state index is 0.480. The van der Waals surface area contributed by atoms with E-state index < -0.39 is 0 Å². The van der Waals surface area contributed by atoms with E-state index in [0.717, 1.165) is 53.7 Å². The summed E-state index contributed by atoms with van der Waals surface area (Å²) >= 11 is 0. The molecular formula is C25H43BO. The first kappa shape index (κ1) is 20.1. The van der Waals surface area contributed by atoms with Crippen LogP contribution in [0.4, 0.5) is 0 Å². The molecule has 0 radical (unpaired) electrons. The Morgan fingerprint density at radius 1 is 0.852 bits per heavy atom. The Hall–Kier alpha value is -0.235. The molecule has 0 N–H and O–H groups in total. The van der Waals surface area contributed by atoms with Crippen molar-refractivity contribution >= 4 is 6.92 Å². The minimum atomic E-state index is 0.480. The molecule has 6 aliphatic carbocycles. The number of rotatable bonds is 5. The van der Waals surface area contributed by atoms with E-state index in [1.807, 2.05) is 0 Å². The zero-order chi connectivity index (χ0) is 19.7. The van der Waals surface area contributed by atoms with E-state index in [9.17, 15) is 0 Å². The molecule has 0 aromatic carbocycles. The lowest BCUT2D eigenvalue weighted by Crippen LogP contribution is -2.60. The van der Waals surface area contributed by atoms with Gasteiger partial charge in [0.15, 0.2) is 0 Å². The summed E-state index contributed by atoms with van der Waals surface area (Å²) in [6, 6.07) is 0. The van der Waals surface area contributed by atoms with Crippen LogP contribution in [0.1, 0.15) is 81.1 Å². The highest BCUT2D eigenvalue weighted by molar-refractivity contribution is 6.55. The van der Waals surface area contributed by atoms with Gasteiger partial charge in [0.1, 0.15) is 0 Å². The number of allylic oxidation sites excluding steroid dienone is 1. The Kier molecular flexibility index (Phi) is 4.94. The first-order valence-electron chi connectivity index (χ1n) is 11.8. The largest absolute Gasteiger partial charge is 0.432 e. The molecule has 2 heteroatoms. The van der Waals surface area contributed by atoms with Gasteiger partial charge in [0, 0.05) is 6.61 Å². The minimum Gasteiger partial charge on any atom is -0.432 e. The predicted molar refractivity (Wildman–Crippen MR) is 117 cm³/mol. The van der Waals surface area contributed by atoms with Crippen LogP contribution in [0, 0.1) is 46.3 Å². The normalized spacial score (nSPS) is 46.1. The fourth-order valence-electron chi connectivity index (χ4n) is 8.14. The summed E-state index contributed by atoms with van der Waals surface area (Å²) in [6.07, 6.45) is 8.06. The van der Waals surface area contributed by atoms with Gasteiger partial charge in [-0.15, -0.1) is 0 Å². The van der Waals surface area contributed by atoms with Gasteiger partial charge in [-0.1, -0.05) is 66.0 Å². The fourth-order valence-corrected chi connectivity index (χ4v) is 8.14. The first-order chi connectivity index (χ1) is 12.5. The summed E-state index contributed by atoms with van der Waals surface area (Å²) < 4.78 is 6.77. The highest BCUT2D eigenvalue weighted by Crippen LogP contribution is 2.69. The van der Waals surface area contributed by atoms with Gasteiger partial charge in [-0.2, -0.15) is 0 Å². The molecule has 6 fully saturated rings. The Morgan fingerprint density at radius 2 is 1.30 bits per heavy atom. The molecule has 27 heavy (non-hydrogen) atoms. The first-order valence-corrected chi connectivity index (χ1v) is 11.8. The van der Waals surface area contributed by atoms with E-state index in [1.54, 1.807) is 0 Å². The van der Waals surface area contributed by atoms with E-state index in [4.69, 9.17) is 4.65 Å². The SMILES string of the molecule is CC(C)=CCOB([C@@H]1C[C@@H]2C[C@H]([C@H]1C)C2(C)C)[C@@H]1C[C@@H]2C[C@H]([C@H]1C)C2(C)C. The monoisotopic (exact) mass is 370 g/mol. The third kappa shape index (κ3) is 2.99. The van der Waals surface area contributed by atoms with Crippen LogP contribution in [0.3, 0.4) is 0 Å². The lowest BCUT2D eigenvalue weighted by atomic mass is 9.27. The van der Waals surface area contributed by atoms with Crippen molar-refractivity contribution in [3.05, 3.63) is 11.6 Å². The molecule has 1 nitrogen and oxygen atoms in total. The molecule has 0 aromatic heterocycles. The fraction of sp³-hybridized carbons (Fsp3) is 0.920. The maximum absolute atomic E-state index is 6.77. The zero-order valence-electron chi connectivity index (χ0n) is 19.2. The second-order valence-electron chi connectivity index (χ2n) is 12.3. The highest BCUT2D eigenvalue weighted by Gasteiger charge is 2.63. The van der Waals surface area contributed by atoms with Gasteiger partial charge in [0.2, 0.25) is 0 Å². The quantitative estimate of drug-likeness (QED) is 0.370. The summed E-state index contributed by atoms with van der Waals surface area (Å²) in [5.74, 6) is 6.90. The lowest BCUT2D eigenvalue weighted by Gasteiger charge is -2.66. The molecule has 0 aliphatic heterocycles. The standard InChI is InChI=1S/C25H43BO/c1-15(2)9-10-27-26(22-13-18-11-20(16(22)3)24(18,5)6)23-14-19-12-21(17(23)4)25(19,7)8/h9,16-23H,10-14H2,1-8H3/t16-,17-,18+,19+,20-,21-,22-,23-/m1/s1. The molecule has 6 aliphatic rings. The Bertz CT molecular complexity index is 559. The molecule has 6 saturated carbocycles. The van der Waals surface area contributed by atoms with E-state index >= 15 is 0 Å². The van der Waals surface area contributed by atoms with Crippen molar-refractivity contribution in [1.82, 2.24) is 0 Å². The van der Waals surface area contributed by atoms with Crippen molar-refractivity contribution in [3.8, 4) is 0 Å². The van der Waals surface area contributed by atoms with E-state index in [2.05, 4.69) is 61.5 Å². The summed E-state index contributed by atoms with van der Waals surface area (Å²) in [6.45, 7) is 20.9. The predicted octanol–water partition coefficient (Wildman–Crippen LogP) is 7.11. The molecule has 0 aromatic rings. The van der Waals surface area contributed by atoms with Crippen molar-refractivity contribution in [1.29, 1.82) is 0 Å². The topological polar surface area (TPSA) is 9.23 Å². The third-order valence-electron chi connectivity index (χ3n) is 10.5. The van der Waals surface area contributed by atoms with Gasteiger partial charge >= 0.3 is 0 Å². The van der Waals surface area contributed by atoms with Gasteiger partial charge in [0.05, 0.1) is 0 Å². The Balaban J connectivity index is 1.54. The number of hydrogen-bond acceptors (Lipinski definition) is 1. The Morgan fingerprint density at radius 3 is 1.63 bits per heavy atom. The number of hydrogen-bond donors (Lipinski definition) is 0. The molecule has 0 unspecified atom stereocenters. The zero-order valence-corrected chi connectivity index (χ0v) is 19.2. The van der Waals surface area contributed by atoms with Gasteiger partial charge < -0.3 is 4.65 Å². The van der Waals surface area contributed by atoms with Crippen molar-refractivity contribution in [3.63, 3.8) is 0 Å². The second-order valence-corrected chi connectivity index (χ2v) is 12.3. The summed E-state index contributed by atoms with van der Waals surface area (Å²) in [5, 5.41) is 0. The van der Waals surface area contributed by atoms with Crippen LogP contribution in [0.15, 0.2) is 11.6 Å². The van der Waals surface area contributed by atoms with Gasteiger partial charge in [0.25, 0.3) is 6.92 Å². The van der Waals surface area contributed by atoms with Crippen LogP contribution < -0.4 is 0 Å². The van der Waals surface area contributed by atoms with E-state index in [-0.39, 0.29) is 0 Å². The van der Waals surface area contributed by atoms with Crippen molar-refractivity contribution < 1.29 is 4.65 Å². The van der Waals surface area contributed by atoms with Crippen LogP contribution in [0.25, 0.3) is 0 Å². The smallest absolute Gasteiger partial charge is 0.300 e. The lowest BCUT2D eigenvalue weighted by molar-refractivity contribution is -0.111. The Labute approximate surface area is 169 Å². The van der Waals surface area contributed by atoms with Crippen LogP contribution in [-0.2, 0) is 4.65 Å². The molecule has 0 heterocycles. The van der Waals surface area contributed by atoms with Crippen molar-refractivity contribution in [2.24, 2.45) is 46.3 Å². The van der Waals surface area contributed by atoms with Crippen LogP contribution in [0.5, 0.6) is 0 Å². The van der Waals surface area contributed by atoms with Gasteiger partial charge in [-0.25, -0.2) is 0 Å². The molecule has 0 amide bonds. The average molecular weight is 370 g/mol. The summed E-state index contributed by atoms with van der Waals surface area (Å²) in [7, 11) is 0. The summed E-state index contributed by atoms with van der Waals surface area (Å²) in [4.78, 5) is 0. The molecule has 0 saturated heterocycles. The van der Waals surface area contributed by atoms with E-state index in [1.165, 1.54) is 31.3 Å². The number of fused-ring (bicyclic) bond motifs is 4. The maximum atomic E-state index is 6.77. The molecule has 6 rings (SSSR count). The van der Waals surface area contributed by atoms with Crippen molar-refractivity contribution in [2.75, 3.05) is 6.61 Å². The van der Waals surface area contributed by atoms with Gasteiger partial charge in [-0.3, -0.25) is 0 Å². The van der Waals surface area contributed by atoms with Crippen LogP contribution in [-0.4, -0.2) is 13.5 Å². The van der Waals surface area contributed by atoms with E-state index in [0.29, 0.717) is 17.7 Å². The van der Waals surface area contributed by atoms with Crippen LogP contribution >= 0.6 is 0 Å². The molecular weight excluding hydrogens is 327 g/mol.